The number of halogens is 2. The molecule has 0 spiro atoms. The number of aromatic amines is 1. The first kappa shape index (κ1) is 26.6. The van der Waals surface area contributed by atoms with Crippen LogP contribution in [0.25, 0.3) is 22.0 Å². The van der Waals surface area contributed by atoms with E-state index in [-0.39, 0.29) is 5.82 Å². The van der Waals surface area contributed by atoms with Crippen molar-refractivity contribution in [3.05, 3.63) is 89.4 Å². The molecule has 0 fully saturated rings. The van der Waals surface area contributed by atoms with Crippen LogP contribution in [0.15, 0.2) is 83.6 Å². The standard InChI is InChI=1S/C30H30BrFN6O/c1-3-38(4-2)15-16-39-28-18-24(10-11-25(28)20-5-12-27-21(17-20)13-14-33-27)36-30-34-19-26(31)29(37-30)35-23-8-6-22(32)7-9-23/h5-14,17-19,33H,3-4,15-16H2,1-2H3,(H2,34,35,36,37). The lowest BCUT2D eigenvalue weighted by Crippen LogP contribution is -2.28. The van der Waals surface area contributed by atoms with Gasteiger partial charge in [0.05, 0.1) is 4.47 Å². The molecule has 0 bridgehead atoms. The minimum absolute atomic E-state index is 0.295. The van der Waals surface area contributed by atoms with E-state index in [2.05, 4.69) is 90.6 Å². The zero-order valence-electron chi connectivity index (χ0n) is 21.8. The highest BCUT2D eigenvalue weighted by Crippen LogP contribution is 2.35. The summed E-state index contributed by atoms with van der Waals surface area (Å²) in [4.78, 5) is 14.6. The summed E-state index contributed by atoms with van der Waals surface area (Å²) >= 11 is 3.49. The van der Waals surface area contributed by atoms with Gasteiger partial charge in [-0.05, 0) is 94.6 Å². The van der Waals surface area contributed by atoms with Gasteiger partial charge in [0, 0.05) is 47.5 Å². The Morgan fingerprint density at radius 2 is 1.74 bits per heavy atom. The molecule has 2 aromatic heterocycles. The quantitative estimate of drug-likeness (QED) is 0.146. The number of ether oxygens (including phenoxy) is 1. The van der Waals surface area contributed by atoms with Crippen LogP contribution in [0, 0.1) is 5.82 Å². The second-order valence-electron chi connectivity index (χ2n) is 9.01. The van der Waals surface area contributed by atoms with Gasteiger partial charge in [0.2, 0.25) is 5.95 Å². The van der Waals surface area contributed by atoms with E-state index in [1.54, 1.807) is 18.3 Å². The number of anilines is 4. The molecule has 5 rings (SSSR count). The van der Waals surface area contributed by atoms with Crippen molar-refractivity contribution in [2.75, 3.05) is 36.9 Å². The van der Waals surface area contributed by atoms with E-state index in [0.717, 1.165) is 58.8 Å². The second-order valence-corrected chi connectivity index (χ2v) is 9.87. The van der Waals surface area contributed by atoms with Gasteiger partial charge in [-0.1, -0.05) is 19.9 Å². The maximum atomic E-state index is 13.3. The average molecular weight is 590 g/mol. The molecule has 0 aliphatic heterocycles. The number of nitrogens with one attached hydrogen (secondary N) is 3. The summed E-state index contributed by atoms with van der Waals surface area (Å²) in [6.07, 6.45) is 3.61. The molecule has 0 saturated carbocycles. The van der Waals surface area contributed by atoms with Crippen LogP contribution in [-0.4, -0.2) is 46.1 Å². The van der Waals surface area contributed by atoms with Gasteiger partial charge in [0.1, 0.15) is 24.0 Å². The molecule has 3 N–H and O–H groups in total. The number of H-pyrrole nitrogens is 1. The molecule has 0 amide bonds. The third kappa shape index (κ3) is 6.55. The van der Waals surface area contributed by atoms with E-state index in [9.17, 15) is 4.39 Å². The lowest BCUT2D eigenvalue weighted by Gasteiger charge is -2.19. The summed E-state index contributed by atoms with van der Waals surface area (Å²) in [6.45, 7) is 7.69. The van der Waals surface area contributed by atoms with E-state index in [1.165, 1.54) is 12.1 Å². The Morgan fingerprint density at radius 3 is 2.54 bits per heavy atom. The van der Waals surface area contributed by atoms with Crippen molar-refractivity contribution in [1.29, 1.82) is 0 Å². The fourth-order valence-corrected chi connectivity index (χ4v) is 4.61. The predicted molar refractivity (Wildman–Crippen MR) is 160 cm³/mol. The third-order valence-corrected chi connectivity index (χ3v) is 7.09. The van der Waals surface area contributed by atoms with Gasteiger partial charge >= 0.3 is 0 Å². The van der Waals surface area contributed by atoms with Crippen LogP contribution in [0.4, 0.5) is 27.5 Å². The predicted octanol–water partition coefficient (Wildman–Crippen LogP) is 7.73. The molecule has 0 aliphatic carbocycles. The van der Waals surface area contributed by atoms with Crippen molar-refractivity contribution in [1.82, 2.24) is 19.9 Å². The van der Waals surface area contributed by atoms with Crippen LogP contribution < -0.4 is 15.4 Å². The zero-order valence-corrected chi connectivity index (χ0v) is 23.4. The first-order chi connectivity index (χ1) is 19.0. The number of nitrogens with zero attached hydrogens (tertiary/aromatic N) is 3. The normalized spacial score (nSPS) is 11.2. The van der Waals surface area contributed by atoms with Gasteiger partial charge in [0.25, 0.3) is 0 Å². The minimum atomic E-state index is -0.295. The second kappa shape index (κ2) is 12.3. The molecule has 2 heterocycles. The van der Waals surface area contributed by atoms with E-state index >= 15 is 0 Å². The Bertz CT molecular complexity index is 1550. The van der Waals surface area contributed by atoms with Crippen molar-refractivity contribution >= 4 is 50.0 Å². The van der Waals surface area contributed by atoms with E-state index < -0.39 is 0 Å². The Kier molecular flexibility index (Phi) is 8.39. The monoisotopic (exact) mass is 588 g/mol. The molecule has 0 saturated heterocycles. The number of fused-ring (bicyclic) bond motifs is 1. The highest BCUT2D eigenvalue weighted by atomic mass is 79.9. The Balaban J connectivity index is 1.41. The Hall–Kier alpha value is -3.95. The fraction of sp³-hybridized carbons (Fsp3) is 0.200. The maximum absolute atomic E-state index is 13.3. The number of likely N-dealkylation sites (N-methyl/N-ethyl adjacent to an activating group) is 1. The van der Waals surface area contributed by atoms with Crippen molar-refractivity contribution in [2.45, 2.75) is 13.8 Å². The third-order valence-electron chi connectivity index (χ3n) is 6.51. The number of hydrogen-bond donors (Lipinski definition) is 3. The van der Waals surface area contributed by atoms with Gasteiger partial charge in [-0.25, -0.2) is 9.37 Å². The van der Waals surface area contributed by atoms with Crippen LogP contribution in [0.2, 0.25) is 0 Å². The molecule has 39 heavy (non-hydrogen) atoms. The molecule has 5 aromatic rings. The van der Waals surface area contributed by atoms with Gasteiger partial charge in [-0.2, -0.15) is 4.98 Å². The van der Waals surface area contributed by atoms with E-state index in [1.807, 2.05) is 18.3 Å². The number of hydrogen-bond acceptors (Lipinski definition) is 6. The van der Waals surface area contributed by atoms with Gasteiger partial charge in [0.15, 0.2) is 0 Å². The SMILES string of the molecule is CCN(CC)CCOc1cc(Nc2ncc(Br)c(Nc3ccc(F)cc3)n2)ccc1-c1ccc2[nH]ccc2c1. The molecule has 0 atom stereocenters. The smallest absolute Gasteiger partial charge is 0.229 e. The lowest BCUT2D eigenvalue weighted by atomic mass is 10.0. The molecule has 3 aromatic carbocycles. The fourth-order valence-electron chi connectivity index (χ4n) is 4.32. The van der Waals surface area contributed by atoms with E-state index in [0.29, 0.717) is 22.8 Å². The number of benzene rings is 3. The number of rotatable bonds is 11. The largest absolute Gasteiger partial charge is 0.492 e. The van der Waals surface area contributed by atoms with Crippen LogP contribution in [0.5, 0.6) is 5.75 Å². The van der Waals surface area contributed by atoms with Crippen molar-refractivity contribution in [3.8, 4) is 16.9 Å². The highest BCUT2D eigenvalue weighted by Gasteiger charge is 2.12. The Labute approximate surface area is 235 Å². The van der Waals surface area contributed by atoms with Crippen LogP contribution in [0.3, 0.4) is 0 Å². The van der Waals surface area contributed by atoms with E-state index in [4.69, 9.17) is 4.74 Å². The van der Waals surface area contributed by atoms with Crippen molar-refractivity contribution < 1.29 is 9.13 Å². The molecule has 9 heteroatoms. The van der Waals surface area contributed by atoms with Crippen molar-refractivity contribution in [2.24, 2.45) is 0 Å². The molecule has 0 unspecified atom stereocenters. The highest BCUT2D eigenvalue weighted by molar-refractivity contribution is 9.10. The zero-order chi connectivity index (χ0) is 27.2. The molecule has 0 radical (unpaired) electrons. The summed E-state index contributed by atoms with van der Waals surface area (Å²) in [5.41, 5.74) is 4.71. The average Bonchev–Trinajstić information content (AvgIpc) is 3.42. The van der Waals surface area contributed by atoms with Crippen molar-refractivity contribution in [3.63, 3.8) is 0 Å². The first-order valence-corrected chi connectivity index (χ1v) is 13.7. The molecule has 7 nitrogen and oxygen atoms in total. The summed E-state index contributed by atoms with van der Waals surface area (Å²) in [7, 11) is 0. The molecular formula is C30H30BrFN6O. The summed E-state index contributed by atoms with van der Waals surface area (Å²) < 4.78 is 20.3. The molecule has 200 valence electrons. The summed E-state index contributed by atoms with van der Waals surface area (Å²) in [5.74, 6) is 1.46. The summed E-state index contributed by atoms with van der Waals surface area (Å²) in [6, 6.07) is 20.6. The van der Waals surface area contributed by atoms with Gasteiger partial charge < -0.3 is 25.3 Å². The van der Waals surface area contributed by atoms with Crippen LogP contribution in [0.1, 0.15) is 13.8 Å². The van der Waals surface area contributed by atoms with Gasteiger partial charge in [-0.15, -0.1) is 0 Å². The topological polar surface area (TPSA) is 78.1 Å². The minimum Gasteiger partial charge on any atom is -0.492 e. The molecular weight excluding hydrogens is 559 g/mol. The molecule has 0 aliphatic rings. The lowest BCUT2D eigenvalue weighted by molar-refractivity contribution is 0.223. The van der Waals surface area contributed by atoms with Gasteiger partial charge in [-0.3, -0.25) is 0 Å². The van der Waals surface area contributed by atoms with Crippen LogP contribution >= 0.6 is 15.9 Å². The Morgan fingerprint density at radius 1 is 0.949 bits per heavy atom. The van der Waals surface area contributed by atoms with Crippen LogP contribution in [-0.2, 0) is 0 Å². The maximum Gasteiger partial charge on any atom is 0.229 e. The first-order valence-electron chi connectivity index (χ1n) is 12.9. The number of aromatic nitrogens is 3. The summed E-state index contributed by atoms with van der Waals surface area (Å²) in [5, 5.41) is 7.63.